The highest BCUT2D eigenvalue weighted by Crippen LogP contribution is 2.20. The average Bonchev–Trinajstić information content (AvgIpc) is 2.22. The van der Waals surface area contributed by atoms with Crippen LogP contribution in [0.4, 0.5) is 0 Å². The second-order valence-electron chi connectivity index (χ2n) is 3.84. The van der Waals surface area contributed by atoms with Crippen LogP contribution in [-0.2, 0) is 24.1 Å². The zero-order valence-electron chi connectivity index (χ0n) is 9.51. The first-order valence-corrected chi connectivity index (χ1v) is 6.44. The Hall–Kier alpha value is -0.780. The quantitative estimate of drug-likeness (QED) is 0.413. The van der Waals surface area contributed by atoms with Gasteiger partial charge in [-0.3, -0.25) is 9.35 Å². The van der Waals surface area contributed by atoms with Crippen LogP contribution in [0.25, 0.3) is 0 Å². The van der Waals surface area contributed by atoms with Crippen LogP contribution in [0, 0.1) is 0 Å². The zero-order valence-corrected chi connectivity index (χ0v) is 10.3. The Bertz CT molecular complexity index is 396. The number of rotatable bonds is 4. The highest BCUT2D eigenvalue weighted by atomic mass is 32.3. The Labute approximate surface area is 104 Å². The molecule has 1 fully saturated rings. The fraction of sp³-hybridized carbons (Fsp3) is 0.875. The van der Waals surface area contributed by atoms with Gasteiger partial charge in [-0.15, -0.1) is 0 Å². The summed E-state index contributed by atoms with van der Waals surface area (Å²) in [4.78, 5) is 10.9. The van der Waals surface area contributed by atoms with E-state index in [1.54, 1.807) is 0 Å². The van der Waals surface area contributed by atoms with Crippen molar-refractivity contribution in [3.8, 4) is 0 Å². The molecule has 1 saturated heterocycles. The maximum Gasteiger partial charge on any atom is 0.397 e. The number of hydrogen-bond acceptors (Lipinski definition) is 7. The molecule has 0 aromatic carbocycles. The van der Waals surface area contributed by atoms with E-state index in [4.69, 9.17) is 14.4 Å². The first kappa shape index (κ1) is 15.3. The van der Waals surface area contributed by atoms with Crippen LogP contribution in [0.15, 0.2) is 0 Å². The molecule has 4 unspecified atom stereocenters. The average molecular weight is 285 g/mol. The molecule has 0 saturated carbocycles. The molecule has 10 heteroatoms. The Morgan fingerprint density at radius 1 is 1.56 bits per heavy atom. The van der Waals surface area contributed by atoms with Crippen molar-refractivity contribution in [2.24, 2.45) is 0 Å². The van der Waals surface area contributed by atoms with E-state index in [0.29, 0.717) is 0 Å². The Morgan fingerprint density at radius 3 is 2.61 bits per heavy atom. The van der Waals surface area contributed by atoms with Crippen molar-refractivity contribution in [2.45, 2.75) is 31.3 Å². The fourth-order valence-corrected chi connectivity index (χ4v) is 2.19. The van der Waals surface area contributed by atoms with Crippen molar-refractivity contribution >= 4 is 16.3 Å². The van der Waals surface area contributed by atoms with Crippen molar-refractivity contribution in [3.63, 3.8) is 0 Å². The number of aliphatic hydroxyl groups excluding tert-OH is 2. The van der Waals surface area contributed by atoms with Gasteiger partial charge in [-0.05, 0) is 0 Å². The molecular weight excluding hydrogens is 270 g/mol. The molecule has 106 valence electrons. The molecule has 1 amide bonds. The van der Waals surface area contributed by atoms with E-state index >= 15 is 0 Å². The van der Waals surface area contributed by atoms with Gasteiger partial charge in [0.2, 0.25) is 5.91 Å². The topological polar surface area (TPSA) is 142 Å². The minimum absolute atomic E-state index is 0.114. The maximum absolute atomic E-state index is 10.9. The SMILES string of the molecule is CC(=O)NC1COC(CO)C(OS(=O)(=O)O)C1O. The molecule has 9 nitrogen and oxygen atoms in total. The van der Waals surface area contributed by atoms with Gasteiger partial charge in [0.15, 0.2) is 0 Å². The van der Waals surface area contributed by atoms with Gasteiger partial charge >= 0.3 is 10.4 Å². The van der Waals surface area contributed by atoms with E-state index < -0.39 is 47.3 Å². The molecule has 4 atom stereocenters. The van der Waals surface area contributed by atoms with Crippen LogP contribution in [0.2, 0.25) is 0 Å². The molecule has 18 heavy (non-hydrogen) atoms. The van der Waals surface area contributed by atoms with E-state index in [1.165, 1.54) is 6.92 Å². The van der Waals surface area contributed by atoms with Gasteiger partial charge in [0.1, 0.15) is 18.3 Å². The molecule has 1 aliphatic heterocycles. The Kier molecular flexibility index (Phi) is 5.01. The molecule has 0 radical (unpaired) electrons. The van der Waals surface area contributed by atoms with Crippen molar-refractivity contribution in [1.82, 2.24) is 5.32 Å². The van der Waals surface area contributed by atoms with Gasteiger partial charge in [-0.25, -0.2) is 4.18 Å². The van der Waals surface area contributed by atoms with Crippen LogP contribution < -0.4 is 5.32 Å². The normalized spacial score (nSPS) is 33.1. The molecule has 0 spiro atoms. The smallest absolute Gasteiger partial charge is 0.394 e. The third-order valence-corrected chi connectivity index (χ3v) is 2.87. The van der Waals surface area contributed by atoms with Gasteiger partial charge in [0.25, 0.3) is 0 Å². The molecule has 0 aromatic rings. The van der Waals surface area contributed by atoms with Gasteiger partial charge in [-0.2, -0.15) is 8.42 Å². The van der Waals surface area contributed by atoms with E-state index in [-0.39, 0.29) is 6.61 Å². The van der Waals surface area contributed by atoms with Gasteiger partial charge < -0.3 is 20.3 Å². The van der Waals surface area contributed by atoms with Crippen LogP contribution in [0.1, 0.15) is 6.92 Å². The highest BCUT2D eigenvalue weighted by Gasteiger charge is 2.42. The lowest BCUT2D eigenvalue weighted by atomic mass is 9.98. The lowest BCUT2D eigenvalue weighted by Crippen LogP contribution is -2.60. The Balaban J connectivity index is 2.82. The third-order valence-electron chi connectivity index (χ3n) is 2.41. The summed E-state index contributed by atoms with van der Waals surface area (Å²) in [7, 11) is -4.82. The molecule has 1 rings (SSSR count). The van der Waals surface area contributed by atoms with Crippen LogP contribution in [0.5, 0.6) is 0 Å². The molecule has 0 aliphatic carbocycles. The summed E-state index contributed by atoms with van der Waals surface area (Å²) in [6.45, 7) is 0.491. The molecule has 1 heterocycles. The van der Waals surface area contributed by atoms with Gasteiger partial charge in [0.05, 0.1) is 19.3 Å². The number of nitrogens with one attached hydrogen (secondary N) is 1. The van der Waals surface area contributed by atoms with E-state index in [0.717, 1.165) is 0 Å². The zero-order chi connectivity index (χ0) is 13.9. The fourth-order valence-electron chi connectivity index (χ4n) is 1.67. The van der Waals surface area contributed by atoms with E-state index in [2.05, 4.69) is 9.50 Å². The summed E-state index contributed by atoms with van der Waals surface area (Å²) >= 11 is 0. The molecule has 1 aliphatic rings. The van der Waals surface area contributed by atoms with Gasteiger partial charge in [0, 0.05) is 6.92 Å². The van der Waals surface area contributed by atoms with Crippen LogP contribution in [0.3, 0.4) is 0 Å². The summed E-state index contributed by atoms with van der Waals surface area (Å²) in [6, 6.07) is -0.892. The summed E-state index contributed by atoms with van der Waals surface area (Å²) in [6.07, 6.45) is -4.07. The molecule has 4 N–H and O–H groups in total. The number of ether oxygens (including phenoxy) is 1. The van der Waals surface area contributed by atoms with Crippen molar-refractivity contribution in [1.29, 1.82) is 0 Å². The van der Waals surface area contributed by atoms with Crippen LogP contribution in [-0.4, -0.2) is 66.7 Å². The molecule has 0 aromatic heterocycles. The summed E-state index contributed by atoms with van der Waals surface area (Å²) in [5.74, 6) is -0.448. The number of carbonyl (C=O) groups excluding carboxylic acids is 1. The lowest BCUT2D eigenvalue weighted by molar-refractivity contribution is -0.156. The first-order chi connectivity index (χ1) is 8.24. The highest BCUT2D eigenvalue weighted by molar-refractivity contribution is 7.80. The molecule has 0 bridgehead atoms. The number of amides is 1. The number of hydrogen-bond donors (Lipinski definition) is 4. The van der Waals surface area contributed by atoms with Crippen molar-refractivity contribution in [3.05, 3.63) is 0 Å². The molecular formula is C8H15NO8S. The standard InChI is InChI=1S/C8H15NO8S/c1-4(11)9-5-3-16-6(2-10)8(7(5)12)17-18(13,14)15/h5-8,10,12H,2-3H2,1H3,(H,9,11)(H,13,14,15). The first-order valence-electron chi connectivity index (χ1n) is 5.08. The van der Waals surface area contributed by atoms with E-state index in [1.807, 2.05) is 0 Å². The largest absolute Gasteiger partial charge is 0.397 e. The summed E-state index contributed by atoms with van der Waals surface area (Å²) in [5, 5.41) is 21.1. The van der Waals surface area contributed by atoms with E-state index in [9.17, 15) is 18.3 Å². The van der Waals surface area contributed by atoms with Gasteiger partial charge in [-0.1, -0.05) is 0 Å². The summed E-state index contributed by atoms with van der Waals surface area (Å²) in [5.41, 5.74) is 0. The minimum atomic E-state index is -4.82. The predicted molar refractivity (Wildman–Crippen MR) is 56.9 cm³/mol. The van der Waals surface area contributed by atoms with Crippen molar-refractivity contribution in [2.75, 3.05) is 13.2 Å². The second-order valence-corrected chi connectivity index (χ2v) is 4.89. The van der Waals surface area contributed by atoms with Crippen molar-refractivity contribution < 1.29 is 36.9 Å². The number of aliphatic hydroxyl groups is 2. The third kappa shape index (κ3) is 4.15. The maximum atomic E-state index is 10.9. The van der Waals surface area contributed by atoms with Crippen LogP contribution >= 0.6 is 0 Å². The number of carbonyl (C=O) groups is 1. The monoisotopic (exact) mass is 285 g/mol. The minimum Gasteiger partial charge on any atom is -0.394 e. The summed E-state index contributed by atoms with van der Waals surface area (Å²) < 4.78 is 39.1. The predicted octanol–water partition coefficient (Wildman–Crippen LogP) is -2.57. The Morgan fingerprint density at radius 2 is 2.17 bits per heavy atom. The second kappa shape index (κ2) is 5.91. The lowest BCUT2D eigenvalue weighted by Gasteiger charge is -2.38.